The number of hydrogen-bond acceptors (Lipinski definition) is 4. The number of hydrogen-bond donors (Lipinski definition) is 0. The Balaban J connectivity index is 1.03. The van der Waals surface area contributed by atoms with Gasteiger partial charge in [0.2, 0.25) is 0 Å². The highest BCUT2D eigenvalue weighted by molar-refractivity contribution is 7.01. The van der Waals surface area contributed by atoms with E-state index in [1.807, 2.05) is 0 Å². The molecule has 14 aromatic carbocycles. The van der Waals surface area contributed by atoms with E-state index in [0.29, 0.717) is 0 Å². The highest BCUT2D eigenvalue weighted by Gasteiger charge is 2.45. The van der Waals surface area contributed by atoms with Gasteiger partial charge in [0.05, 0.1) is 5.69 Å². The average molecular weight is 1130 g/mol. The summed E-state index contributed by atoms with van der Waals surface area (Å²) in [7, 11) is 0. The minimum atomic E-state index is -0.194. The summed E-state index contributed by atoms with van der Waals surface area (Å²) in [4.78, 5) is 4.74. The van der Waals surface area contributed by atoms with Crippen molar-refractivity contribution < 1.29 is 9.47 Å². The van der Waals surface area contributed by atoms with Gasteiger partial charge < -0.3 is 19.3 Å². The number of ether oxygens (including phenoxy) is 2. The van der Waals surface area contributed by atoms with Gasteiger partial charge in [-0.1, -0.05) is 157 Å². The van der Waals surface area contributed by atoms with Gasteiger partial charge in [-0.25, -0.2) is 0 Å². The van der Waals surface area contributed by atoms with Crippen LogP contribution in [0.4, 0.5) is 34.1 Å². The fraction of sp³-hybridized carbons (Fsp3) is 0.0732. The molecule has 0 saturated heterocycles. The number of aryl methyl sites for hydroxylation is 6. The van der Waals surface area contributed by atoms with E-state index in [0.717, 1.165) is 62.6 Å². The molecule has 414 valence electrons. The summed E-state index contributed by atoms with van der Waals surface area (Å²) in [6.45, 7) is 13.3. The molecular formula is C82H58B2N2O2. The van der Waals surface area contributed by atoms with E-state index in [-0.39, 0.29) is 13.4 Å². The summed E-state index contributed by atoms with van der Waals surface area (Å²) in [5, 5.41) is 7.80. The van der Waals surface area contributed by atoms with Crippen LogP contribution in [0.2, 0.25) is 0 Å². The molecule has 0 atom stereocenters. The number of nitrogens with zero attached hydrogens (tertiary/aromatic N) is 2. The van der Waals surface area contributed by atoms with Crippen molar-refractivity contribution in [3.63, 3.8) is 0 Å². The number of rotatable bonds is 8. The predicted octanol–water partition coefficient (Wildman–Crippen LogP) is 17.9. The summed E-state index contributed by atoms with van der Waals surface area (Å²) in [5.41, 5.74) is 31.1. The fourth-order valence-electron chi connectivity index (χ4n) is 16.1. The van der Waals surface area contributed by atoms with Gasteiger partial charge in [-0.15, -0.1) is 0 Å². The summed E-state index contributed by atoms with van der Waals surface area (Å²) < 4.78 is 14.8. The first kappa shape index (κ1) is 50.7. The van der Waals surface area contributed by atoms with Crippen molar-refractivity contribution in [3.05, 3.63) is 276 Å². The maximum Gasteiger partial charge on any atom is 0.252 e. The lowest BCUT2D eigenvalue weighted by Crippen LogP contribution is -2.58. The van der Waals surface area contributed by atoms with Gasteiger partial charge in [-0.2, -0.15) is 0 Å². The summed E-state index contributed by atoms with van der Waals surface area (Å²) in [6.07, 6.45) is 0. The zero-order valence-corrected chi connectivity index (χ0v) is 50.0. The average Bonchev–Trinajstić information content (AvgIpc) is 0.676. The van der Waals surface area contributed by atoms with Gasteiger partial charge in [0.25, 0.3) is 13.4 Å². The van der Waals surface area contributed by atoms with Crippen LogP contribution in [0.5, 0.6) is 23.0 Å². The van der Waals surface area contributed by atoms with Crippen molar-refractivity contribution in [3.8, 4) is 67.5 Å². The van der Waals surface area contributed by atoms with Crippen molar-refractivity contribution in [2.75, 3.05) is 9.80 Å². The molecular weight excluding hydrogens is 1070 g/mol. The SMILES string of the molecule is Cc1ccc2c(c1)Oc1cc(C)cc3c1B2c1cc2c(-c4c(C)cccc4C)cc4c5c(cc6c(-c7c(C)cccc7C)cc-3c1c6c25)B1c2ccc(N(c3ccccc3)c3ccccc3)cc2Oc2cc(N(c3ccccc3)c3ccccc3)cc-4c21. The summed E-state index contributed by atoms with van der Waals surface area (Å²) in [5.74, 6) is 3.58. The van der Waals surface area contributed by atoms with Gasteiger partial charge in [-0.05, 0) is 259 Å². The fourth-order valence-corrected chi connectivity index (χ4v) is 16.1. The molecule has 88 heavy (non-hydrogen) atoms. The second kappa shape index (κ2) is 19.0. The second-order valence-electron chi connectivity index (χ2n) is 25.0. The molecule has 6 heteroatoms. The molecule has 0 N–H and O–H groups in total. The molecule has 0 radical (unpaired) electrons. The number of fused-ring (bicyclic) bond motifs is 8. The Bertz CT molecular complexity index is 5180. The standard InChI is InChI=1S/C82H58B2N2O2/c1-47-33-35-67-71(38-47)87-73-39-48(2)37-65-61-43-59(75-49(3)21-19-22-50(75)4)63-46-70-78-62(44-60(76-51(5)23-20-24-52(76)6)64-45-69(83(67)81(65)73)77(61)79(63)80(64)78)66-40-58(86(55-29-15-9-16-30-55)56-31-17-10-18-32-56)42-74-82(66)84(70)68-36-34-57(41-72(68)88-74)85(53-25-11-7-12-26-53)54-27-13-8-14-28-54/h7-46H,1-6H3. The molecule has 4 aliphatic heterocycles. The van der Waals surface area contributed by atoms with Crippen molar-refractivity contribution in [1.82, 2.24) is 0 Å². The van der Waals surface area contributed by atoms with E-state index in [9.17, 15) is 0 Å². The van der Waals surface area contributed by atoms with Crippen LogP contribution in [0, 0.1) is 41.5 Å². The molecule has 0 spiro atoms. The molecule has 0 amide bonds. The van der Waals surface area contributed by atoms with Crippen LogP contribution in [0.3, 0.4) is 0 Å². The Morgan fingerprint density at radius 2 is 0.659 bits per heavy atom. The van der Waals surface area contributed by atoms with Gasteiger partial charge in [0, 0.05) is 40.6 Å². The topological polar surface area (TPSA) is 24.9 Å². The highest BCUT2D eigenvalue weighted by atomic mass is 16.5. The molecule has 4 heterocycles. The zero-order chi connectivity index (χ0) is 58.8. The summed E-state index contributed by atoms with van der Waals surface area (Å²) in [6, 6.07) is 90.4. The lowest BCUT2D eigenvalue weighted by molar-refractivity contribution is 0.487. The predicted molar refractivity (Wildman–Crippen MR) is 372 cm³/mol. The smallest absolute Gasteiger partial charge is 0.252 e. The first-order valence-electron chi connectivity index (χ1n) is 30.9. The molecule has 4 aliphatic rings. The molecule has 4 nitrogen and oxygen atoms in total. The monoisotopic (exact) mass is 1120 g/mol. The van der Waals surface area contributed by atoms with Gasteiger partial charge in [0.1, 0.15) is 23.0 Å². The van der Waals surface area contributed by atoms with Crippen LogP contribution < -0.4 is 52.1 Å². The van der Waals surface area contributed by atoms with Crippen molar-refractivity contribution in [1.29, 1.82) is 0 Å². The van der Waals surface area contributed by atoms with Crippen LogP contribution in [0.15, 0.2) is 243 Å². The molecule has 0 aromatic heterocycles. The minimum Gasteiger partial charge on any atom is -0.458 e. The quantitative estimate of drug-likeness (QED) is 0.112. The third-order valence-electron chi connectivity index (χ3n) is 19.7. The van der Waals surface area contributed by atoms with Crippen molar-refractivity contribution >= 4 is 113 Å². The Morgan fingerprint density at radius 1 is 0.261 bits per heavy atom. The van der Waals surface area contributed by atoms with Crippen LogP contribution in [-0.2, 0) is 0 Å². The van der Waals surface area contributed by atoms with E-state index in [1.165, 1.54) is 138 Å². The normalized spacial score (nSPS) is 12.8. The first-order chi connectivity index (χ1) is 43.1. The number of anilines is 6. The third kappa shape index (κ3) is 7.29. The Hall–Kier alpha value is -10.6. The van der Waals surface area contributed by atoms with Crippen LogP contribution >= 0.6 is 0 Å². The molecule has 14 aromatic rings. The Morgan fingerprint density at radius 3 is 1.14 bits per heavy atom. The van der Waals surface area contributed by atoms with Gasteiger partial charge >= 0.3 is 0 Å². The van der Waals surface area contributed by atoms with Gasteiger partial charge in [0.15, 0.2) is 0 Å². The zero-order valence-electron chi connectivity index (χ0n) is 50.0. The van der Waals surface area contributed by atoms with Crippen LogP contribution in [-0.4, -0.2) is 13.4 Å². The maximum absolute atomic E-state index is 7.68. The Labute approximate surface area is 514 Å². The highest BCUT2D eigenvalue weighted by Crippen LogP contribution is 2.54. The van der Waals surface area contributed by atoms with Crippen LogP contribution in [0.25, 0.3) is 76.8 Å². The van der Waals surface area contributed by atoms with E-state index in [4.69, 9.17) is 9.47 Å². The number of para-hydroxylation sites is 4. The lowest BCUT2D eigenvalue weighted by Gasteiger charge is -2.38. The molecule has 0 bridgehead atoms. The molecule has 0 unspecified atom stereocenters. The number of benzene rings is 14. The minimum absolute atomic E-state index is 0.0614. The van der Waals surface area contributed by atoms with Crippen molar-refractivity contribution in [2.45, 2.75) is 41.5 Å². The Kier molecular flexibility index (Phi) is 10.9. The summed E-state index contributed by atoms with van der Waals surface area (Å²) >= 11 is 0. The molecule has 0 saturated carbocycles. The largest absolute Gasteiger partial charge is 0.458 e. The lowest BCUT2D eigenvalue weighted by atomic mass is 9.31. The van der Waals surface area contributed by atoms with E-state index in [1.54, 1.807) is 0 Å². The third-order valence-corrected chi connectivity index (χ3v) is 19.7. The van der Waals surface area contributed by atoms with Gasteiger partial charge in [-0.3, -0.25) is 0 Å². The molecule has 18 rings (SSSR count). The van der Waals surface area contributed by atoms with Crippen LogP contribution in [0.1, 0.15) is 33.4 Å². The maximum atomic E-state index is 7.68. The molecule has 0 aliphatic carbocycles. The molecule has 0 fully saturated rings. The first-order valence-corrected chi connectivity index (χ1v) is 30.9. The van der Waals surface area contributed by atoms with Crippen molar-refractivity contribution in [2.24, 2.45) is 0 Å². The van der Waals surface area contributed by atoms with E-state index >= 15 is 0 Å². The van der Waals surface area contributed by atoms with E-state index in [2.05, 4.69) is 294 Å². The van der Waals surface area contributed by atoms with E-state index < -0.39 is 0 Å². The second-order valence-corrected chi connectivity index (χ2v) is 25.0.